The van der Waals surface area contributed by atoms with Gasteiger partial charge in [0.2, 0.25) is 0 Å². The zero-order chi connectivity index (χ0) is 72.7. The van der Waals surface area contributed by atoms with E-state index in [1.807, 2.05) is 82.8 Å². The molecule has 101 heavy (non-hydrogen) atoms. The van der Waals surface area contributed by atoms with Gasteiger partial charge in [-0.05, 0) is 153 Å². The van der Waals surface area contributed by atoms with Crippen molar-refractivity contribution in [2.45, 2.75) is 212 Å². The van der Waals surface area contributed by atoms with Crippen molar-refractivity contribution in [2.24, 2.45) is 0 Å². The molecule has 9 rings (SSSR count). The zero-order valence-electron chi connectivity index (χ0n) is 58.5. The second-order valence-corrected chi connectivity index (χ2v) is 27.2. The van der Waals surface area contributed by atoms with E-state index in [1.54, 1.807) is 55.0 Å². The Labute approximate surface area is 588 Å². The van der Waals surface area contributed by atoms with E-state index in [9.17, 15) is 44.1 Å². The summed E-state index contributed by atoms with van der Waals surface area (Å²) < 4.78 is 34.4. The van der Waals surface area contributed by atoms with Crippen LogP contribution >= 0.6 is 0 Å². The van der Waals surface area contributed by atoms with Gasteiger partial charge in [0.1, 0.15) is 0 Å². The summed E-state index contributed by atoms with van der Waals surface area (Å²) in [6, 6.07) is 21.2. The van der Waals surface area contributed by atoms with Crippen molar-refractivity contribution in [3.8, 4) is 0 Å². The van der Waals surface area contributed by atoms with Crippen molar-refractivity contribution in [1.82, 2.24) is 39.7 Å². The monoisotopic (exact) mass is 1400 g/mol. The Morgan fingerprint density at radius 3 is 0.713 bits per heavy atom. The van der Waals surface area contributed by atoms with Gasteiger partial charge in [-0.3, -0.25) is 68.5 Å². The average molecular weight is 1400 g/mol. The van der Waals surface area contributed by atoms with Gasteiger partial charge in [-0.25, -0.2) is 0 Å². The van der Waals surface area contributed by atoms with Crippen LogP contribution in [0.1, 0.15) is 215 Å². The maximum Gasteiger partial charge on any atom is 0.164 e. The van der Waals surface area contributed by atoms with Gasteiger partial charge in [-0.2, -0.15) is 0 Å². The second kappa shape index (κ2) is 38.0. The first-order valence-corrected chi connectivity index (χ1v) is 34.4. The van der Waals surface area contributed by atoms with Crippen LogP contribution in [0.4, 0.5) is 0 Å². The Bertz CT molecular complexity index is 3260. The Hall–Kier alpha value is -7.64. The second-order valence-electron chi connectivity index (χ2n) is 27.2. The molecule has 0 amide bonds. The zero-order valence-corrected chi connectivity index (χ0v) is 58.5. The van der Waals surface area contributed by atoms with Gasteiger partial charge in [0.25, 0.3) is 0 Å². The van der Waals surface area contributed by atoms with Crippen LogP contribution in [0.15, 0.2) is 110 Å². The van der Waals surface area contributed by atoms with E-state index in [1.165, 1.54) is 18.6 Å². The number of carbonyl (C=O) groups excluding carboxylic acids is 6. The van der Waals surface area contributed by atoms with Gasteiger partial charge in [0.15, 0.2) is 52.1 Å². The summed E-state index contributed by atoms with van der Waals surface area (Å²) in [5, 5.41) is 55.5. The SMILES string of the molecule is CC1(C)OC[C@H](CCC(=O)c2ccc(CN(Cc3ccc(C(=O)CC[C@H]4COC(C)(C)O4)cn3)Cc3ccc(C(=O)CC[C@H]4COC(C)(C)O4)cn3)nc2)O1.O=C(CC[C@H](O)CO)c1ccc(CN(Cc2ccc(C(=O)CC[C@H](O)CO)cn2)Cc2ccc(C(=O)CC[C@H](O)CO)cn2)nc1. The van der Waals surface area contributed by atoms with Crippen LogP contribution in [0.3, 0.4) is 0 Å². The number of aliphatic hydroxyl groups is 6. The number of hydrogen-bond donors (Lipinski definition) is 6. The third kappa shape index (κ3) is 26.3. The van der Waals surface area contributed by atoms with Crippen molar-refractivity contribution < 1.29 is 87.8 Å². The van der Waals surface area contributed by atoms with Gasteiger partial charge < -0.3 is 59.1 Å². The molecule has 6 N–H and O–H groups in total. The molecular formula is C75H96N8O18. The fourth-order valence-electron chi connectivity index (χ4n) is 11.4. The molecule has 0 radical (unpaired) electrons. The van der Waals surface area contributed by atoms with Crippen LogP contribution in [0.5, 0.6) is 0 Å². The Kier molecular flexibility index (Phi) is 29.8. The summed E-state index contributed by atoms with van der Waals surface area (Å²) >= 11 is 0. The molecule has 3 saturated heterocycles. The highest BCUT2D eigenvalue weighted by atomic mass is 16.8. The van der Waals surface area contributed by atoms with Gasteiger partial charge in [0, 0.05) is 148 Å². The Morgan fingerprint density at radius 1 is 0.356 bits per heavy atom. The lowest BCUT2D eigenvalue weighted by Crippen LogP contribution is -2.24. The number of rotatable bonds is 39. The summed E-state index contributed by atoms with van der Waals surface area (Å²) in [6.45, 7) is 13.8. The van der Waals surface area contributed by atoms with Crippen LogP contribution in [0.25, 0.3) is 0 Å². The minimum atomic E-state index is -0.954. The Morgan fingerprint density at radius 2 is 0.554 bits per heavy atom. The first kappa shape index (κ1) is 79.1. The lowest BCUT2D eigenvalue weighted by Gasteiger charge is -2.22. The lowest BCUT2D eigenvalue weighted by atomic mass is 10.1. The number of nitrogens with zero attached hydrogens (tertiary/aromatic N) is 8. The fourth-order valence-corrected chi connectivity index (χ4v) is 11.4. The Balaban J connectivity index is 0.000000261. The number of ketones is 6. The molecule has 3 fully saturated rings. The third-order valence-electron chi connectivity index (χ3n) is 17.2. The lowest BCUT2D eigenvalue weighted by molar-refractivity contribution is -0.139. The first-order chi connectivity index (χ1) is 48.2. The van der Waals surface area contributed by atoms with Crippen LogP contribution in [0, 0.1) is 0 Å². The first-order valence-electron chi connectivity index (χ1n) is 34.4. The molecule has 0 bridgehead atoms. The van der Waals surface area contributed by atoms with E-state index in [0.29, 0.717) is 148 Å². The molecule has 26 heteroatoms. The summed E-state index contributed by atoms with van der Waals surface area (Å²) in [4.78, 5) is 108. The van der Waals surface area contributed by atoms with Crippen molar-refractivity contribution >= 4 is 34.7 Å². The highest BCUT2D eigenvalue weighted by molar-refractivity contribution is 5.98. The number of hydrogen-bond acceptors (Lipinski definition) is 26. The van der Waals surface area contributed by atoms with Crippen molar-refractivity contribution in [3.05, 3.63) is 178 Å². The van der Waals surface area contributed by atoms with Crippen LogP contribution in [-0.4, -0.2) is 199 Å². The summed E-state index contributed by atoms with van der Waals surface area (Å²) in [5.41, 5.74) is 7.11. The van der Waals surface area contributed by atoms with E-state index < -0.39 is 55.5 Å². The summed E-state index contributed by atoms with van der Waals surface area (Å²) in [5.74, 6) is -2.45. The quantitative estimate of drug-likeness (QED) is 0.0204. The van der Waals surface area contributed by atoms with Crippen LogP contribution in [-0.2, 0) is 67.7 Å². The van der Waals surface area contributed by atoms with E-state index in [2.05, 4.69) is 34.8 Å². The van der Waals surface area contributed by atoms with Crippen molar-refractivity contribution in [3.63, 3.8) is 0 Å². The van der Waals surface area contributed by atoms with E-state index in [4.69, 9.17) is 43.7 Å². The van der Waals surface area contributed by atoms with Crippen molar-refractivity contribution in [2.75, 3.05) is 39.6 Å². The molecular weight excluding hydrogens is 1300 g/mol. The minimum Gasteiger partial charge on any atom is -0.394 e. The standard InChI is InChI=1S/C42H54N4O9.C33H42N4O9/c1-40(2)50-25-34(53-40)13-16-37(47)28-7-10-31(43-19-28)22-46(23-32-11-8-29(20-44-32)38(48)17-14-35-26-51-41(3,4)54-35)24-33-12-9-30(21-45-33)39(49)18-15-36-27-52-42(5,6)55-36;38-19-28(41)7-10-31(44)22-1-4-25(34-13-22)16-37(17-26-5-2-23(14-35-26)32(45)11-8-29(42)20-39)18-27-6-3-24(15-36-27)33(46)12-9-30(43)21-40/h7-12,19-21,34-36H,13-18,22-27H2,1-6H3;1-6,13-15,28-30,38-43H,7-12,16-21H2/t34-,35-,36-;28-,29-,30-/m00/s1. The third-order valence-corrected chi connectivity index (χ3v) is 17.2. The summed E-state index contributed by atoms with van der Waals surface area (Å²) in [7, 11) is 0. The molecule has 6 atom stereocenters. The summed E-state index contributed by atoms with van der Waals surface area (Å²) in [6.07, 6.45) is 9.54. The smallest absolute Gasteiger partial charge is 0.164 e. The van der Waals surface area contributed by atoms with Gasteiger partial charge in [0.05, 0.1) is 110 Å². The van der Waals surface area contributed by atoms with Crippen LogP contribution < -0.4 is 0 Å². The molecule has 6 aromatic rings. The molecule has 544 valence electrons. The fraction of sp³-hybridized carbons (Fsp3) is 0.520. The molecule has 0 aromatic carbocycles. The molecule has 0 spiro atoms. The predicted octanol–water partition coefficient (Wildman–Crippen LogP) is 7.44. The molecule has 9 heterocycles. The molecule has 0 unspecified atom stereocenters. The minimum absolute atomic E-state index is 0.00256. The van der Waals surface area contributed by atoms with E-state index in [0.717, 1.165) is 17.1 Å². The highest BCUT2D eigenvalue weighted by Crippen LogP contribution is 2.29. The number of Topliss-reactive ketones (excluding diaryl/α,β-unsaturated/α-hetero) is 6. The molecule has 3 aliphatic rings. The van der Waals surface area contributed by atoms with Gasteiger partial charge in [-0.15, -0.1) is 0 Å². The molecule has 3 aliphatic heterocycles. The maximum absolute atomic E-state index is 13.0. The highest BCUT2D eigenvalue weighted by Gasteiger charge is 2.35. The molecule has 6 aromatic heterocycles. The van der Waals surface area contributed by atoms with E-state index in [-0.39, 0.29) is 91.5 Å². The van der Waals surface area contributed by atoms with E-state index >= 15 is 0 Å². The number of aliphatic hydroxyl groups excluding tert-OH is 6. The normalized spacial score (nSPS) is 18.4. The predicted molar refractivity (Wildman–Crippen MR) is 367 cm³/mol. The molecule has 0 aliphatic carbocycles. The maximum atomic E-state index is 13.0. The molecule has 0 saturated carbocycles. The largest absolute Gasteiger partial charge is 0.394 e. The van der Waals surface area contributed by atoms with Crippen molar-refractivity contribution in [1.29, 1.82) is 0 Å². The number of aromatic nitrogens is 6. The van der Waals surface area contributed by atoms with Gasteiger partial charge in [-0.1, -0.05) is 0 Å². The topological polar surface area (TPSA) is 363 Å². The number of pyridine rings is 6. The number of ether oxygens (including phenoxy) is 6. The average Bonchev–Trinajstić information content (AvgIpc) is 1.70. The van der Waals surface area contributed by atoms with Crippen LogP contribution in [0.2, 0.25) is 0 Å². The molecule has 26 nitrogen and oxygen atoms in total. The van der Waals surface area contributed by atoms with Gasteiger partial charge >= 0.3 is 0 Å². The number of carbonyl (C=O) groups is 6.